The van der Waals surface area contributed by atoms with Crippen LogP contribution in [0.3, 0.4) is 0 Å². The molecule has 0 spiro atoms. The normalized spacial score (nSPS) is 12.4. The van der Waals surface area contributed by atoms with Crippen molar-refractivity contribution in [2.24, 2.45) is 0 Å². The van der Waals surface area contributed by atoms with Gasteiger partial charge in [-0.2, -0.15) is 0 Å². The van der Waals surface area contributed by atoms with Crippen molar-refractivity contribution in [3.8, 4) is 0 Å². The van der Waals surface area contributed by atoms with E-state index in [1.165, 1.54) is 13.3 Å². The van der Waals surface area contributed by atoms with Gasteiger partial charge in [-0.3, -0.25) is 4.98 Å². The van der Waals surface area contributed by atoms with Crippen molar-refractivity contribution in [1.29, 1.82) is 0 Å². The summed E-state index contributed by atoms with van der Waals surface area (Å²) in [6.07, 6.45) is -0.0219. The van der Waals surface area contributed by atoms with Crippen molar-refractivity contribution in [1.82, 2.24) is 9.97 Å². The molecule has 1 unspecified atom stereocenters. The molecule has 0 radical (unpaired) electrons. The molecule has 2 aromatic rings. The Labute approximate surface area is 91.7 Å². The number of hydrogen-bond donors (Lipinski definition) is 1. The second kappa shape index (κ2) is 4.24. The molecule has 5 nitrogen and oxygen atoms in total. The number of ether oxygens (including phenoxy) is 1. The van der Waals surface area contributed by atoms with Gasteiger partial charge in [-0.25, -0.2) is 9.78 Å². The Morgan fingerprint density at radius 3 is 2.75 bits per heavy atom. The Morgan fingerprint density at radius 1 is 1.38 bits per heavy atom. The molecule has 0 amide bonds. The Kier molecular flexibility index (Phi) is 2.78. The minimum atomic E-state index is -1.39. The molecule has 16 heavy (non-hydrogen) atoms. The lowest BCUT2D eigenvalue weighted by molar-refractivity contribution is -0.150. The molecule has 1 N–H and O–H groups in total. The van der Waals surface area contributed by atoms with E-state index in [0.29, 0.717) is 11.0 Å². The molecule has 1 aromatic carbocycles. The van der Waals surface area contributed by atoms with E-state index in [2.05, 4.69) is 14.7 Å². The molecule has 5 heteroatoms. The molecule has 1 atom stereocenters. The first-order valence-electron chi connectivity index (χ1n) is 4.70. The summed E-state index contributed by atoms with van der Waals surface area (Å²) in [5, 5.41) is 9.57. The van der Waals surface area contributed by atoms with E-state index in [0.717, 1.165) is 0 Å². The zero-order chi connectivity index (χ0) is 11.5. The predicted octanol–water partition coefficient (Wildman–Crippen LogP) is 0.836. The van der Waals surface area contributed by atoms with E-state index < -0.39 is 12.1 Å². The number of carbonyl (C=O) groups excluding carboxylic acids is 1. The van der Waals surface area contributed by atoms with Crippen LogP contribution in [-0.4, -0.2) is 28.2 Å². The van der Waals surface area contributed by atoms with Gasteiger partial charge in [-0.1, -0.05) is 12.1 Å². The molecule has 0 aliphatic rings. The Morgan fingerprint density at radius 2 is 2.06 bits per heavy atom. The number of rotatable bonds is 2. The fourth-order valence-electron chi connectivity index (χ4n) is 1.34. The molecule has 0 fully saturated rings. The zero-order valence-electron chi connectivity index (χ0n) is 8.62. The number of nitrogens with zero attached hydrogens (tertiary/aromatic N) is 2. The molecule has 82 valence electrons. The average Bonchev–Trinajstić information content (AvgIpc) is 2.36. The lowest BCUT2D eigenvalue weighted by atomic mass is 10.2. The smallest absolute Gasteiger partial charge is 0.341 e. The summed E-state index contributed by atoms with van der Waals surface area (Å²) in [6.45, 7) is 0. The minimum Gasteiger partial charge on any atom is -0.467 e. The van der Waals surface area contributed by atoms with Gasteiger partial charge < -0.3 is 9.84 Å². The third-order valence-electron chi connectivity index (χ3n) is 2.17. The highest BCUT2D eigenvalue weighted by molar-refractivity contribution is 5.78. The van der Waals surface area contributed by atoms with Gasteiger partial charge in [0.25, 0.3) is 0 Å². The van der Waals surface area contributed by atoms with E-state index in [9.17, 15) is 9.90 Å². The number of aromatic nitrogens is 2. The summed E-state index contributed by atoms with van der Waals surface area (Å²) in [7, 11) is 1.21. The van der Waals surface area contributed by atoms with E-state index in [-0.39, 0.29) is 5.69 Å². The van der Waals surface area contributed by atoms with Crippen LogP contribution in [0.5, 0.6) is 0 Å². The van der Waals surface area contributed by atoms with Gasteiger partial charge in [0, 0.05) is 0 Å². The number of methoxy groups -OCH3 is 1. The number of para-hydroxylation sites is 2. The van der Waals surface area contributed by atoms with Gasteiger partial charge >= 0.3 is 5.97 Å². The van der Waals surface area contributed by atoms with Crippen LogP contribution in [0.4, 0.5) is 0 Å². The van der Waals surface area contributed by atoms with Crippen molar-refractivity contribution in [3.05, 3.63) is 36.2 Å². The summed E-state index contributed by atoms with van der Waals surface area (Å²) in [5.74, 6) is -0.746. The van der Waals surface area contributed by atoms with Gasteiger partial charge in [0.2, 0.25) is 0 Å². The van der Waals surface area contributed by atoms with Crippen molar-refractivity contribution in [2.45, 2.75) is 6.10 Å². The fourth-order valence-corrected chi connectivity index (χ4v) is 1.34. The number of esters is 1. The van der Waals surface area contributed by atoms with Crippen molar-refractivity contribution < 1.29 is 14.6 Å². The quantitative estimate of drug-likeness (QED) is 0.756. The van der Waals surface area contributed by atoms with E-state index in [1.54, 1.807) is 12.1 Å². The topological polar surface area (TPSA) is 72.3 Å². The maximum absolute atomic E-state index is 11.1. The highest BCUT2D eigenvalue weighted by Crippen LogP contribution is 2.14. The zero-order valence-corrected chi connectivity index (χ0v) is 8.62. The molecule has 2 rings (SSSR count). The van der Waals surface area contributed by atoms with Gasteiger partial charge in [-0.05, 0) is 12.1 Å². The van der Waals surface area contributed by atoms with E-state index in [1.807, 2.05) is 12.1 Å². The summed E-state index contributed by atoms with van der Waals surface area (Å²) < 4.78 is 4.42. The number of carbonyl (C=O) groups is 1. The third-order valence-corrected chi connectivity index (χ3v) is 2.17. The lowest BCUT2D eigenvalue weighted by Gasteiger charge is -2.07. The van der Waals surface area contributed by atoms with Gasteiger partial charge in [0.1, 0.15) is 0 Å². The molecule has 0 saturated heterocycles. The Bertz CT molecular complexity index is 527. The SMILES string of the molecule is COC(=O)C(O)c1cnc2ccccc2n1. The molecule has 1 heterocycles. The standard InChI is InChI=1S/C11H10N2O3/c1-16-11(15)10(14)9-6-12-7-4-2-3-5-8(7)13-9/h2-6,10,14H,1H3. The van der Waals surface area contributed by atoms with Crippen LogP contribution in [0.1, 0.15) is 11.8 Å². The van der Waals surface area contributed by atoms with Crippen LogP contribution in [-0.2, 0) is 9.53 Å². The van der Waals surface area contributed by atoms with Crippen molar-refractivity contribution in [2.75, 3.05) is 7.11 Å². The maximum Gasteiger partial charge on any atom is 0.341 e. The summed E-state index contributed by atoms with van der Waals surface area (Å²) in [6, 6.07) is 7.21. The highest BCUT2D eigenvalue weighted by atomic mass is 16.5. The van der Waals surface area contributed by atoms with Crippen LogP contribution in [0.25, 0.3) is 11.0 Å². The molecule has 1 aromatic heterocycles. The van der Waals surface area contributed by atoms with Crippen molar-refractivity contribution >= 4 is 17.0 Å². The van der Waals surface area contributed by atoms with Crippen molar-refractivity contribution in [3.63, 3.8) is 0 Å². The first kappa shape index (κ1) is 10.5. The summed E-state index contributed by atoms with van der Waals surface area (Å²) in [4.78, 5) is 19.3. The highest BCUT2D eigenvalue weighted by Gasteiger charge is 2.19. The number of aliphatic hydroxyl groups is 1. The van der Waals surface area contributed by atoms with Crippen LogP contribution < -0.4 is 0 Å². The van der Waals surface area contributed by atoms with Gasteiger partial charge in [0.05, 0.1) is 30.0 Å². The second-order valence-corrected chi connectivity index (χ2v) is 3.21. The number of aliphatic hydroxyl groups excluding tert-OH is 1. The number of benzene rings is 1. The molecular weight excluding hydrogens is 208 g/mol. The molecule has 0 saturated carbocycles. The van der Waals surface area contributed by atoms with Gasteiger partial charge in [-0.15, -0.1) is 0 Å². The minimum absolute atomic E-state index is 0.186. The summed E-state index contributed by atoms with van der Waals surface area (Å²) >= 11 is 0. The van der Waals surface area contributed by atoms with Gasteiger partial charge in [0.15, 0.2) is 6.10 Å². The molecule has 0 aliphatic carbocycles. The first-order chi connectivity index (χ1) is 7.72. The molecule has 0 aliphatic heterocycles. The second-order valence-electron chi connectivity index (χ2n) is 3.21. The maximum atomic E-state index is 11.1. The van der Waals surface area contributed by atoms with Crippen LogP contribution >= 0.6 is 0 Å². The largest absolute Gasteiger partial charge is 0.467 e. The third kappa shape index (κ3) is 1.85. The molecular formula is C11H10N2O3. The first-order valence-corrected chi connectivity index (χ1v) is 4.70. The average molecular weight is 218 g/mol. The van der Waals surface area contributed by atoms with Crippen LogP contribution in [0.15, 0.2) is 30.5 Å². The van der Waals surface area contributed by atoms with Crippen LogP contribution in [0, 0.1) is 0 Å². The molecule has 0 bridgehead atoms. The number of hydrogen-bond acceptors (Lipinski definition) is 5. The number of fused-ring (bicyclic) bond motifs is 1. The lowest BCUT2D eigenvalue weighted by Crippen LogP contribution is -2.15. The van der Waals surface area contributed by atoms with Crippen LogP contribution in [0.2, 0.25) is 0 Å². The monoisotopic (exact) mass is 218 g/mol. The Hall–Kier alpha value is -2.01. The van der Waals surface area contributed by atoms with E-state index in [4.69, 9.17) is 0 Å². The Balaban J connectivity index is 2.43. The fraction of sp³-hybridized carbons (Fsp3) is 0.182. The summed E-state index contributed by atoms with van der Waals surface area (Å²) in [5.41, 5.74) is 1.52. The van der Waals surface area contributed by atoms with E-state index >= 15 is 0 Å². The predicted molar refractivity (Wildman–Crippen MR) is 56.5 cm³/mol.